The molecule has 0 bridgehead atoms. The molecule has 0 aliphatic carbocycles. The van der Waals surface area contributed by atoms with Crippen LogP contribution in [0, 0.1) is 0 Å². The number of hydrogen-bond donors (Lipinski definition) is 1. The third kappa shape index (κ3) is 4.72. The highest BCUT2D eigenvalue weighted by Crippen LogP contribution is 2.27. The fourth-order valence-electron chi connectivity index (χ4n) is 2.63. The second-order valence-corrected chi connectivity index (χ2v) is 5.73. The van der Waals surface area contributed by atoms with Crippen LogP contribution in [0.4, 0.5) is 13.2 Å². The fraction of sp³-hybridized carbons (Fsp3) is 0.211. The van der Waals surface area contributed by atoms with E-state index in [1.54, 1.807) is 31.4 Å². The van der Waals surface area contributed by atoms with Crippen LogP contribution in [0.2, 0.25) is 0 Å². The Hall–Kier alpha value is -3.16. The molecule has 1 heterocycles. The number of carbonyl (C=O) groups is 1. The van der Waals surface area contributed by atoms with Crippen LogP contribution in [0.15, 0.2) is 53.1 Å². The SMILES string of the molecule is COc1ccc2c(CC(=O)NCc3ccccc3OC(F)(F)F)coc2c1. The molecule has 0 spiro atoms. The summed E-state index contributed by atoms with van der Waals surface area (Å²) in [6, 6.07) is 10.9. The minimum atomic E-state index is -4.79. The number of nitrogens with one attached hydrogen (secondary N) is 1. The zero-order chi connectivity index (χ0) is 19.4. The van der Waals surface area contributed by atoms with E-state index >= 15 is 0 Å². The number of fused-ring (bicyclic) bond motifs is 1. The number of rotatable bonds is 6. The Morgan fingerprint density at radius 2 is 1.93 bits per heavy atom. The van der Waals surface area contributed by atoms with Crippen molar-refractivity contribution in [3.8, 4) is 11.5 Å². The molecule has 0 saturated carbocycles. The number of methoxy groups -OCH3 is 1. The van der Waals surface area contributed by atoms with Crippen LogP contribution in [0.1, 0.15) is 11.1 Å². The van der Waals surface area contributed by atoms with Crippen molar-refractivity contribution < 1.29 is 31.9 Å². The fourth-order valence-corrected chi connectivity index (χ4v) is 2.63. The zero-order valence-corrected chi connectivity index (χ0v) is 14.3. The first-order valence-corrected chi connectivity index (χ1v) is 8.00. The minimum absolute atomic E-state index is 0.0294. The molecule has 3 rings (SSSR count). The number of benzene rings is 2. The van der Waals surface area contributed by atoms with E-state index in [9.17, 15) is 18.0 Å². The Morgan fingerprint density at radius 3 is 2.67 bits per heavy atom. The maximum Gasteiger partial charge on any atom is 0.573 e. The molecule has 2 aromatic carbocycles. The second-order valence-electron chi connectivity index (χ2n) is 5.73. The van der Waals surface area contributed by atoms with Gasteiger partial charge in [0.05, 0.1) is 19.8 Å². The van der Waals surface area contributed by atoms with E-state index in [4.69, 9.17) is 9.15 Å². The number of furan rings is 1. The maximum absolute atomic E-state index is 12.4. The van der Waals surface area contributed by atoms with Gasteiger partial charge in [0.25, 0.3) is 0 Å². The monoisotopic (exact) mass is 379 g/mol. The third-order valence-electron chi connectivity index (χ3n) is 3.89. The summed E-state index contributed by atoms with van der Waals surface area (Å²) in [5.41, 5.74) is 1.48. The molecule has 8 heteroatoms. The molecule has 5 nitrogen and oxygen atoms in total. The second kappa shape index (κ2) is 7.61. The summed E-state index contributed by atoms with van der Waals surface area (Å²) in [5, 5.41) is 3.37. The quantitative estimate of drug-likeness (QED) is 0.697. The summed E-state index contributed by atoms with van der Waals surface area (Å²) < 4.78 is 51.8. The Balaban J connectivity index is 1.66. The lowest BCUT2D eigenvalue weighted by Crippen LogP contribution is -2.25. The number of hydrogen-bond acceptors (Lipinski definition) is 4. The van der Waals surface area contributed by atoms with Gasteiger partial charge in [-0.15, -0.1) is 13.2 Å². The molecule has 0 atom stereocenters. The normalized spacial score (nSPS) is 11.4. The lowest BCUT2D eigenvalue weighted by molar-refractivity contribution is -0.274. The number of halogens is 3. The molecule has 142 valence electrons. The van der Waals surface area contributed by atoms with Gasteiger partial charge in [-0.25, -0.2) is 0 Å². The predicted molar refractivity (Wildman–Crippen MR) is 91.4 cm³/mol. The first-order chi connectivity index (χ1) is 12.9. The molecule has 0 saturated heterocycles. The van der Waals surface area contributed by atoms with Crippen molar-refractivity contribution in [3.05, 3.63) is 59.9 Å². The van der Waals surface area contributed by atoms with Crippen LogP contribution in [0.3, 0.4) is 0 Å². The van der Waals surface area contributed by atoms with E-state index in [1.807, 2.05) is 0 Å². The minimum Gasteiger partial charge on any atom is -0.497 e. The van der Waals surface area contributed by atoms with Gasteiger partial charge in [0.1, 0.15) is 17.1 Å². The van der Waals surface area contributed by atoms with E-state index in [0.717, 1.165) is 5.39 Å². The van der Waals surface area contributed by atoms with Crippen molar-refractivity contribution in [2.45, 2.75) is 19.3 Å². The van der Waals surface area contributed by atoms with Crippen LogP contribution in [-0.2, 0) is 17.8 Å². The molecule has 0 aliphatic heterocycles. The predicted octanol–water partition coefficient (Wildman–Crippen LogP) is 4.20. The molecular formula is C19H16F3NO4. The summed E-state index contributed by atoms with van der Waals surface area (Å²) in [6.07, 6.45) is -3.29. The molecule has 1 aromatic heterocycles. The van der Waals surface area contributed by atoms with Crippen molar-refractivity contribution in [2.24, 2.45) is 0 Å². The van der Waals surface area contributed by atoms with Gasteiger partial charge in [0.2, 0.25) is 5.91 Å². The van der Waals surface area contributed by atoms with E-state index in [1.165, 1.54) is 24.5 Å². The van der Waals surface area contributed by atoms with Crippen LogP contribution in [-0.4, -0.2) is 19.4 Å². The molecule has 27 heavy (non-hydrogen) atoms. The molecule has 1 N–H and O–H groups in total. The van der Waals surface area contributed by atoms with Gasteiger partial charge in [-0.3, -0.25) is 4.79 Å². The topological polar surface area (TPSA) is 60.7 Å². The first-order valence-electron chi connectivity index (χ1n) is 8.00. The maximum atomic E-state index is 12.4. The molecule has 0 radical (unpaired) electrons. The van der Waals surface area contributed by atoms with Crippen LogP contribution in [0.5, 0.6) is 11.5 Å². The van der Waals surface area contributed by atoms with Crippen LogP contribution in [0.25, 0.3) is 11.0 Å². The van der Waals surface area contributed by atoms with Gasteiger partial charge in [-0.2, -0.15) is 0 Å². The highest BCUT2D eigenvalue weighted by atomic mass is 19.4. The van der Waals surface area contributed by atoms with E-state index < -0.39 is 6.36 Å². The lowest BCUT2D eigenvalue weighted by Gasteiger charge is -2.13. The Morgan fingerprint density at radius 1 is 1.15 bits per heavy atom. The van der Waals surface area contributed by atoms with Gasteiger partial charge >= 0.3 is 6.36 Å². The van der Waals surface area contributed by atoms with E-state index in [-0.39, 0.29) is 30.2 Å². The average molecular weight is 379 g/mol. The molecule has 0 aliphatic rings. The number of para-hydroxylation sites is 1. The highest BCUT2D eigenvalue weighted by Gasteiger charge is 2.32. The van der Waals surface area contributed by atoms with Crippen molar-refractivity contribution in [1.29, 1.82) is 0 Å². The van der Waals surface area contributed by atoms with Crippen molar-refractivity contribution in [3.63, 3.8) is 0 Å². The van der Waals surface area contributed by atoms with Gasteiger partial charge in [-0.05, 0) is 18.2 Å². The number of alkyl halides is 3. The van der Waals surface area contributed by atoms with Gasteiger partial charge in [0, 0.05) is 29.1 Å². The smallest absolute Gasteiger partial charge is 0.497 e. The molecular weight excluding hydrogens is 363 g/mol. The summed E-state index contributed by atoms with van der Waals surface area (Å²) >= 11 is 0. The molecule has 0 fully saturated rings. The van der Waals surface area contributed by atoms with E-state index in [0.29, 0.717) is 16.9 Å². The van der Waals surface area contributed by atoms with Gasteiger partial charge in [-0.1, -0.05) is 18.2 Å². The summed E-state index contributed by atoms with van der Waals surface area (Å²) in [4.78, 5) is 12.2. The van der Waals surface area contributed by atoms with Crippen LogP contribution >= 0.6 is 0 Å². The lowest BCUT2D eigenvalue weighted by atomic mass is 10.1. The summed E-state index contributed by atoms with van der Waals surface area (Å²) in [6.45, 7) is -0.0886. The van der Waals surface area contributed by atoms with Crippen molar-refractivity contribution in [2.75, 3.05) is 7.11 Å². The largest absolute Gasteiger partial charge is 0.573 e. The van der Waals surface area contributed by atoms with E-state index in [2.05, 4.69) is 10.1 Å². The molecule has 1 amide bonds. The van der Waals surface area contributed by atoms with Gasteiger partial charge in [0.15, 0.2) is 0 Å². The van der Waals surface area contributed by atoms with Crippen molar-refractivity contribution >= 4 is 16.9 Å². The Bertz CT molecular complexity index is 950. The summed E-state index contributed by atoms with van der Waals surface area (Å²) in [5.74, 6) is -0.0596. The van der Waals surface area contributed by atoms with Crippen molar-refractivity contribution in [1.82, 2.24) is 5.32 Å². The van der Waals surface area contributed by atoms with Crippen LogP contribution < -0.4 is 14.8 Å². The standard InChI is InChI=1S/C19H16F3NO4/c1-25-14-6-7-15-13(11-26-17(15)9-14)8-18(24)23-10-12-4-2-3-5-16(12)27-19(20,21)22/h2-7,9,11H,8,10H2,1H3,(H,23,24). The average Bonchev–Trinajstić information content (AvgIpc) is 3.01. The summed E-state index contributed by atoms with van der Waals surface area (Å²) in [7, 11) is 1.54. The number of amides is 1. The highest BCUT2D eigenvalue weighted by molar-refractivity contribution is 5.88. The number of carbonyl (C=O) groups excluding carboxylic acids is 1. The molecule has 0 unspecified atom stereocenters. The first kappa shape index (κ1) is 18.6. The number of ether oxygens (including phenoxy) is 2. The Kier molecular flexibility index (Phi) is 5.25. The van der Waals surface area contributed by atoms with Gasteiger partial charge < -0.3 is 19.2 Å². The molecule has 3 aromatic rings. The Labute approximate surface area is 152 Å². The third-order valence-corrected chi connectivity index (χ3v) is 3.89. The zero-order valence-electron chi connectivity index (χ0n) is 14.3.